The monoisotopic (exact) mass is 2190 g/mol. The molecule has 9 unspecified atom stereocenters. The summed E-state index contributed by atoms with van der Waals surface area (Å²) in [5.41, 5.74) is 3.11. The van der Waals surface area contributed by atoms with Gasteiger partial charge >= 0.3 is 11.9 Å². The highest BCUT2D eigenvalue weighted by molar-refractivity contribution is 9.12. The molecule has 12 bridgehead atoms. The van der Waals surface area contributed by atoms with Gasteiger partial charge in [-0.3, -0.25) is 9.59 Å². The van der Waals surface area contributed by atoms with Crippen LogP contribution in [0.25, 0.3) is 0 Å². The van der Waals surface area contributed by atoms with Gasteiger partial charge in [0.25, 0.3) is 0 Å². The SMILES string of the molecule is C=C(Br)C[C@@H](CC[C@@]12CC3O[C@H]4C(O1)[C@H]1O[C@@H](CC(=O)C(C5[C@H](CC6O[C@@H](CCCC)C[C@@H](C)C6=C)O[C@H](C[C@H](C)CO[Si](C)(C)C(C)(C)C)[C@@H]5C)S(=O)(=O)c5ccccc5)CC[C@@H]1O[C@H]4[C@H]3O2)OC(=O)c1ccccc1.C=C(Br)C[C@@H](CC[C@@]12CC3O[C@H]4C(O1)[C@H]1O[C@@H](CC(=O)CC5[C@H](CC6O[C@@H](CCCC)C[C@@H](C)C6=C)O[C@H](C[C@H](C)CO[Si](C)(C)C(C)(C)C)[C@@H]5C)CC[C@@H]1O[C@H]4[C@H]3O2)OC(=O)c1ccccc1. The fraction of sp³-hybridized carbons (Fsp3) is 0.741. The molecule has 19 rings (SSSR count). The predicted molar refractivity (Wildman–Crippen MR) is 569 cm³/mol. The van der Waals surface area contributed by atoms with E-state index in [1.54, 1.807) is 66.7 Å². The van der Waals surface area contributed by atoms with Gasteiger partial charge in [0.1, 0.15) is 84.3 Å². The fourth-order valence-electron chi connectivity index (χ4n) is 25.3. The van der Waals surface area contributed by atoms with E-state index in [2.05, 4.69) is 181 Å². The smallest absolute Gasteiger partial charge is 0.338 e. The number of carbonyl (C=O) groups excluding carboxylic acids is 4. The number of carbonyl (C=O) groups is 4. The van der Waals surface area contributed by atoms with Gasteiger partial charge in [0.05, 0.1) is 101 Å². The van der Waals surface area contributed by atoms with Crippen LogP contribution in [-0.4, -0.2) is 237 Å². The van der Waals surface area contributed by atoms with Crippen LogP contribution in [0.1, 0.15) is 291 Å². The molecule has 3 aromatic rings. The molecule has 0 radical (unpaired) electrons. The lowest BCUT2D eigenvalue weighted by Crippen LogP contribution is -2.62. The van der Waals surface area contributed by atoms with E-state index in [1.807, 2.05) is 24.3 Å². The molecule has 0 saturated carbocycles. The molecule has 0 N–H and O–H groups in total. The molecule has 29 heteroatoms. The lowest BCUT2D eigenvalue weighted by molar-refractivity contribution is -0.292. The third-order valence-corrected chi connectivity index (χ3v) is 47.6. The zero-order valence-corrected chi connectivity index (χ0v) is 95.7. The summed E-state index contributed by atoms with van der Waals surface area (Å²) in [6, 6.07) is 26.4. The van der Waals surface area contributed by atoms with Crippen LogP contribution in [0.4, 0.5) is 0 Å². The number of unbranched alkanes of at least 4 members (excludes halogenated alkanes) is 2. The Bertz CT molecular complexity index is 5040. The van der Waals surface area contributed by atoms with Crippen molar-refractivity contribution in [2.75, 3.05) is 13.2 Å². The topological polar surface area (TPSA) is 269 Å². The summed E-state index contributed by atoms with van der Waals surface area (Å²) < 4.78 is 155. The molecule has 0 aromatic heterocycles. The van der Waals surface area contributed by atoms with Crippen LogP contribution in [0.15, 0.2) is 142 Å². The van der Waals surface area contributed by atoms with E-state index in [4.69, 9.17) is 84.6 Å². The van der Waals surface area contributed by atoms with Gasteiger partial charge in [0, 0.05) is 89.8 Å². The summed E-state index contributed by atoms with van der Waals surface area (Å²) in [4.78, 5) is 56.6. The standard InChI is InChI=1S/C61H87BrO13SSi.C55H83BrO11Si/c1-12-13-22-42-30-37(3)39(5)49(68-42)33-50-52(40(6)48(71-50)29-36(2)35-67-77(10,11)60(7,8)9)58(76(65,66)45-23-18-15-19-24-45)46(63)32-43-25-26-47-53(69-43)57-56-55(72-47)54-51(73-56)34-61(74-54,75-57)28-27-44(31-38(4)62)70-59(64)41-20-16-14-17-21-41;1-12-13-19-39-25-33(3)35(5)45(60-39)29-46-42(36(6)44(63-46)24-32(2)31-59-68(10,11)54(7,8)9)28-38(57)27-40-20-21-43-48(61-40)52-51-50(64-43)49-47(65-51)30-55(66-49,67-52)23-22-41(26-34(4)56)62-53(58)37-17-15-14-16-18-37/h14-21,23-24,36-37,40,42-44,47-58H,4-5,12-13,22,25-35H2,1-3,6-11H3;14-18,32-33,36,39-52H,4-5,12-13,19-31H2,1-3,6-11H3/t36-,37+,40-,42-,43+,44+,47-,48+,49?,50-,51?,52?,53-,54-,55-,56+,57?,58?,61-;32-,33+,36+,39-,40+,41+,42?,43-,44+,45?,46-,47?,48-,49-,50-,51+,52?,55-/m00/s1. The van der Waals surface area contributed by atoms with Crippen LogP contribution in [0.2, 0.25) is 36.3 Å². The number of Topliss-reactive ketones (excluding diaryl/α,β-unsaturated/α-hetero) is 2. The van der Waals surface area contributed by atoms with E-state index in [0.717, 1.165) is 92.7 Å². The minimum absolute atomic E-state index is 0.0212. The quantitative estimate of drug-likeness (QED) is 0.0289. The van der Waals surface area contributed by atoms with Crippen LogP contribution in [-0.2, 0) is 104 Å². The highest BCUT2D eigenvalue weighted by Crippen LogP contribution is 2.58. The number of sulfone groups is 1. The van der Waals surface area contributed by atoms with Gasteiger partial charge in [0.2, 0.25) is 0 Å². The van der Waals surface area contributed by atoms with Crippen LogP contribution < -0.4 is 0 Å². The van der Waals surface area contributed by atoms with Crippen molar-refractivity contribution in [3.05, 3.63) is 149 Å². The Balaban J connectivity index is 0.000000209. The summed E-state index contributed by atoms with van der Waals surface area (Å²) in [6.07, 6.45) is 9.89. The zero-order chi connectivity index (χ0) is 104. The van der Waals surface area contributed by atoms with Crippen molar-refractivity contribution in [3.63, 3.8) is 0 Å². The van der Waals surface area contributed by atoms with E-state index in [1.165, 1.54) is 0 Å². The van der Waals surface area contributed by atoms with Crippen molar-refractivity contribution >= 4 is 81.8 Å². The van der Waals surface area contributed by atoms with E-state index in [0.29, 0.717) is 131 Å². The highest BCUT2D eigenvalue weighted by atomic mass is 79.9. The van der Waals surface area contributed by atoms with E-state index >= 15 is 13.2 Å². The molecule has 0 aliphatic carbocycles. The molecule has 16 fully saturated rings. The Labute approximate surface area is 884 Å². The molecule has 0 spiro atoms. The maximum Gasteiger partial charge on any atom is 0.338 e. The second-order valence-electron chi connectivity index (χ2n) is 48.8. The number of hydrogen-bond acceptors (Lipinski definition) is 24. The number of rotatable bonds is 44. The number of ketones is 2. The highest BCUT2D eigenvalue weighted by Gasteiger charge is 2.71. The van der Waals surface area contributed by atoms with Gasteiger partial charge in [-0.15, -0.1) is 0 Å². The number of halogens is 2. The van der Waals surface area contributed by atoms with Crippen molar-refractivity contribution in [3.8, 4) is 0 Å². The number of fused-ring (bicyclic) bond motifs is 2. The number of esters is 2. The lowest BCUT2D eigenvalue weighted by Gasteiger charge is -2.47. The molecule has 806 valence electrons. The normalized spacial score (nSPS) is 37.2. The minimum Gasteiger partial charge on any atom is -0.458 e. The second-order valence-corrected chi connectivity index (χ2v) is 62.7. The first-order valence-corrected chi connectivity index (χ1v) is 64.1. The number of hydrogen-bond donors (Lipinski definition) is 0. The van der Waals surface area contributed by atoms with Crippen LogP contribution in [0.5, 0.6) is 0 Å². The summed E-state index contributed by atoms with van der Waals surface area (Å²) in [5, 5.41) is -1.23. The lowest BCUT2D eigenvalue weighted by atomic mass is 9.78. The average molecular weight is 2200 g/mol. The molecule has 24 nitrogen and oxygen atoms in total. The molecule has 16 heterocycles. The third kappa shape index (κ3) is 26.2. The molecular formula is C116H170Br2O24SSi2. The summed E-state index contributed by atoms with van der Waals surface area (Å²) in [5.74, 6) is -2.72. The second kappa shape index (κ2) is 47.5. The van der Waals surface area contributed by atoms with Crippen molar-refractivity contribution in [2.45, 2.75) is 487 Å². The first-order valence-electron chi connectivity index (χ1n) is 55.1. The first-order chi connectivity index (χ1) is 68.7. The molecule has 16 saturated heterocycles. The van der Waals surface area contributed by atoms with Crippen molar-refractivity contribution in [1.29, 1.82) is 0 Å². The average Bonchev–Trinajstić information content (AvgIpc) is 1.55. The predicted octanol–water partition coefficient (Wildman–Crippen LogP) is 23.7. The van der Waals surface area contributed by atoms with E-state index in [-0.39, 0.29) is 167 Å². The molecule has 16 aliphatic heterocycles. The maximum atomic E-state index is 15.7. The van der Waals surface area contributed by atoms with Gasteiger partial charge in [-0.25, -0.2) is 18.0 Å². The summed E-state index contributed by atoms with van der Waals surface area (Å²) >= 11 is 6.99. The Morgan fingerprint density at radius 1 is 0.476 bits per heavy atom. The molecule has 3 aromatic carbocycles. The summed E-state index contributed by atoms with van der Waals surface area (Å²) in [6.45, 7) is 58.9. The molecule has 145 heavy (non-hydrogen) atoms. The third-order valence-electron chi connectivity index (χ3n) is 35.7. The van der Waals surface area contributed by atoms with Gasteiger partial charge < -0.3 is 84.6 Å². The molecule has 0 amide bonds. The Morgan fingerprint density at radius 3 is 1.31 bits per heavy atom. The van der Waals surface area contributed by atoms with Crippen molar-refractivity contribution in [2.24, 2.45) is 47.3 Å². The number of ether oxygens (including phenoxy) is 16. The number of benzene rings is 3. The first kappa shape index (κ1) is 113. The van der Waals surface area contributed by atoms with Crippen molar-refractivity contribution < 1.29 is 112 Å². The summed E-state index contributed by atoms with van der Waals surface area (Å²) in [7, 11) is -8.24. The van der Waals surface area contributed by atoms with Gasteiger partial charge in [-0.2, -0.15) is 0 Å². The van der Waals surface area contributed by atoms with Crippen molar-refractivity contribution in [1.82, 2.24) is 0 Å². The molecule has 37 atom stereocenters. The van der Waals surface area contributed by atoms with Gasteiger partial charge in [-0.05, 0) is 211 Å². The Morgan fingerprint density at radius 2 is 0.876 bits per heavy atom. The Kier molecular flexibility index (Phi) is 37.1. The van der Waals surface area contributed by atoms with Crippen LogP contribution in [0.3, 0.4) is 0 Å². The van der Waals surface area contributed by atoms with Gasteiger partial charge in [-0.1, -0.05) is 235 Å². The van der Waals surface area contributed by atoms with E-state index in [9.17, 15) is 14.4 Å². The van der Waals surface area contributed by atoms with Crippen LogP contribution >= 0.6 is 31.9 Å². The van der Waals surface area contributed by atoms with Crippen LogP contribution in [0, 0.1) is 47.3 Å². The minimum atomic E-state index is -4.28. The Hall–Kier alpha value is -4.40. The van der Waals surface area contributed by atoms with E-state index < -0.39 is 116 Å². The fourth-order valence-corrected chi connectivity index (χ4v) is 30.4. The maximum absolute atomic E-state index is 15.7. The molecule has 16 aliphatic rings. The van der Waals surface area contributed by atoms with Gasteiger partial charge in [0.15, 0.2) is 43.8 Å². The zero-order valence-electron chi connectivity index (χ0n) is 89.7. The largest absolute Gasteiger partial charge is 0.458 e. The molecular weight excluding hydrogens is 2030 g/mol.